The number of fused-ring (bicyclic) bond motifs is 11. The maximum absolute atomic E-state index is 11.2. The number of hydrogen-bond acceptors (Lipinski definition) is 4. The van der Waals surface area contributed by atoms with Crippen molar-refractivity contribution in [3.63, 3.8) is 0 Å². The number of phenolic OH excluding ortho intramolecular Hbond substituents is 1. The van der Waals surface area contributed by atoms with E-state index in [9.17, 15) is 10.2 Å². The summed E-state index contributed by atoms with van der Waals surface area (Å²) in [6.45, 7) is 4.67. The van der Waals surface area contributed by atoms with Gasteiger partial charge in [-0.15, -0.1) is 0 Å². The molecule has 4 saturated carbocycles. The monoisotopic (exact) mass is 551 g/mol. The Kier molecular flexibility index (Phi) is 4.90. The Hall–Kier alpha value is -2.06. The Balaban J connectivity index is 1.32. The number of aliphatic hydroxyl groups is 1. The highest BCUT2D eigenvalue weighted by Crippen LogP contribution is 2.74. The summed E-state index contributed by atoms with van der Waals surface area (Å²) >= 11 is 0. The van der Waals surface area contributed by atoms with Crippen LogP contribution in [0.1, 0.15) is 94.6 Å². The van der Waals surface area contributed by atoms with Gasteiger partial charge in [0.1, 0.15) is 5.75 Å². The molecule has 6 fully saturated rings. The standard InChI is InChI=1S/C37H45NO3/c1-33(2)32-30-20-36(41-33)25-15-24(17-34(19-25)12-3-4-13-34)27-8-5-22(29-16-26(40)7-9-28(27)29)6-10-31(36)37(32,38)35(21-39)14-11-23(30)18-35/h5,7-9,11,14,16,22-25,27,30-32,39-40H,3-4,12-13,15,17-21,38H2,1-2H3/t22-,23-,24+,25+,27-,30-,31?,32+,35-,36+,37-/m0/s1. The molecule has 4 N–H and O–H groups in total. The van der Waals surface area contributed by atoms with Gasteiger partial charge in [0.05, 0.1) is 29.6 Å². The first kappa shape index (κ1) is 25.4. The van der Waals surface area contributed by atoms with E-state index >= 15 is 0 Å². The zero-order valence-corrected chi connectivity index (χ0v) is 24.6. The van der Waals surface area contributed by atoms with Crippen LogP contribution in [-0.2, 0) is 4.74 Å². The second kappa shape index (κ2) is 7.90. The molecule has 2 heterocycles. The highest BCUT2D eigenvalue weighted by Gasteiger charge is 2.79. The molecule has 1 unspecified atom stereocenters. The van der Waals surface area contributed by atoms with Crippen molar-refractivity contribution in [1.82, 2.24) is 0 Å². The topological polar surface area (TPSA) is 75.7 Å². The number of benzene rings is 1. The minimum Gasteiger partial charge on any atom is -0.508 e. The van der Waals surface area contributed by atoms with Gasteiger partial charge in [0.15, 0.2) is 0 Å². The van der Waals surface area contributed by atoms with E-state index in [1.54, 1.807) is 0 Å². The number of hydrogen-bond donors (Lipinski definition) is 3. The van der Waals surface area contributed by atoms with E-state index in [1.165, 1.54) is 44.1 Å². The van der Waals surface area contributed by atoms with E-state index in [4.69, 9.17) is 10.5 Å². The van der Waals surface area contributed by atoms with Gasteiger partial charge in [-0.3, -0.25) is 0 Å². The summed E-state index contributed by atoms with van der Waals surface area (Å²) in [5.74, 6) is 10.1. The molecule has 7 aliphatic carbocycles. The highest BCUT2D eigenvalue weighted by molar-refractivity contribution is 5.51. The average molecular weight is 552 g/mol. The van der Waals surface area contributed by atoms with Crippen molar-refractivity contribution in [2.75, 3.05) is 6.61 Å². The van der Waals surface area contributed by atoms with Gasteiger partial charge in [-0.05, 0) is 111 Å². The van der Waals surface area contributed by atoms with Gasteiger partial charge in [-0.2, -0.15) is 0 Å². The summed E-state index contributed by atoms with van der Waals surface area (Å²) in [5.41, 5.74) is 8.94. The second-order valence-corrected chi connectivity index (χ2v) is 16.2. The third-order valence-corrected chi connectivity index (χ3v) is 14.1. The van der Waals surface area contributed by atoms with Crippen LogP contribution in [-0.4, -0.2) is 33.6 Å². The van der Waals surface area contributed by atoms with Crippen molar-refractivity contribution in [2.24, 2.45) is 52.1 Å². The van der Waals surface area contributed by atoms with Gasteiger partial charge >= 0.3 is 0 Å². The Morgan fingerprint density at radius 2 is 1.83 bits per heavy atom. The summed E-state index contributed by atoms with van der Waals surface area (Å²) in [7, 11) is 0. The lowest BCUT2D eigenvalue weighted by atomic mass is 9.36. The highest BCUT2D eigenvalue weighted by atomic mass is 16.5. The quantitative estimate of drug-likeness (QED) is 0.287. The van der Waals surface area contributed by atoms with Gasteiger partial charge in [-0.25, -0.2) is 0 Å². The van der Waals surface area contributed by atoms with Crippen LogP contribution in [0.5, 0.6) is 5.75 Å². The van der Waals surface area contributed by atoms with Crippen molar-refractivity contribution in [2.45, 2.75) is 100 Å². The molecule has 1 aromatic rings. The molecule has 2 saturated heterocycles. The molecule has 11 atom stereocenters. The minimum atomic E-state index is -0.657. The first-order valence-corrected chi connectivity index (χ1v) is 16.5. The van der Waals surface area contributed by atoms with Crippen molar-refractivity contribution in [3.05, 3.63) is 53.6 Å². The maximum Gasteiger partial charge on any atom is 0.115 e. The molecule has 10 bridgehead atoms. The van der Waals surface area contributed by atoms with Crippen molar-refractivity contribution < 1.29 is 14.9 Å². The van der Waals surface area contributed by atoms with Crippen LogP contribution >= 0.6 is 0 Å². The number of allylic oxidation sites excluding steroid dienone is 3. The van der Waals surface area contributed by atoms with Gasteiger partial charge in [0.2, 0.25) is 0 Å². The molecular weight excluding hydrogens is 506 g/mol. The fourth-order valence-corrected chi connectivity index (χ4v) is 12.9. The largest absolute Gasteiger partial charge is 0.508 e. The summed E-state index contributed by atoms with van der Waals surface area (Å²) < 4.78 is 7.58. The molecule has 0 aromatic heterocycles. The molecular formula is C37H45NO3. The normalized spacial score (nSPS) is 50.1. The first-order valence-electron chi connectivity index (χ1n) is 16.5. The Morgan fingerprint density at radius 1 is 1.00 bits per heavy atom. The molecule has 4 heteroatoms. The fraction of sp³-hybridized carbons (Fsp3) is 0.676. The van der Waals surface area contributed by atoms with Crippen molar-refractivity contribution in [3.8, 4) is 17.6 Å². The Labute approximate surface area is 244 Å². The Morgan fingerprint density at radius 3 is 2.63 bits per heavy atom. The summed E-state index contributed by atoms with van der Waals surface area (Å²) in [6.07, 6.45) is 20.4. The third kappa shape index (κ3) is 2.99. The van der Waals surface area contributed by atoms with E-state index < -0.39 is 16.6 Å². The zero-order valence-electron chi connectivity index (χ0n) is 24.6. The Bertz CT molecular complexity index is 1440. The van der Waals surface area contributed by atoms with Crippen LogP contribution in [0.2, 0.25) is 0 Å². The van der Waals surface area contributed by atoms with Gasteiger partial charge in [-0.1, -0.05) is 55.1 Å². The predicted octanol–water partition coefficient (Wildman–Crippen LogP) is 6.19. The molecule has 10 rings (SSSR count). The number of rotatable bonds is 1. The lowest BCUT2D eigenvalue weighted by Gasteiger charge is -2.75. The van der Waals surface area contributed by atoms with E-state index in [1.807, 2.05) is 12.1 Å². The molecule has 41 heavy (non-hydrogen) atoms. The van der Waals surface area contributed by atoms with Crippen LogP contribution in [0.3, 0.4) is 0 Å². The molecule has 4 nitrogen and oxygen atoms in total. The molecule has 0 radical (unpaired) electrons. The van der Waals surface area contributed by atoms with E-state index in [2.05, 4.69) is 56.1 Å². The van der Waals surface area contributed by atoms with E-state index in [0.717, 1.165) is 24.8 Å². The lowest BCUT2D eigenvalue weighted by Crippen LogP contribution is -2.85. The second-order valence-electron chi connectivity index (χ2n) is 16.2. The predicted molar refractivity (Wildman–Crippen MR) is 159 cm³/mol. The fourth-order valence-electron chi connectivity index (χ4n) is 12.9. The van der Waals surface area contributed by atoms with E-state index in [0.29, 0.717) is 40.8 Å². The number of aliphatic hydroxyl groups excluding tert-OH is 1. The SMILES string of the molecule is CC1(C)O[C@@]23C[C@@H]4[C@H]1[C@@](N)(C2C#C[C@@H]1C=C[C@H](c2ccc(O)cc21)[C@@H]1C[C@@H]3CC2(CCCC2)C1)[C@@]1(CO)C=C[C@H]4C1. The van der Waals surface area contributed by atoms with Crippen LogP contribution in [0.4, 0.5) is 0 Å². The molecule has 2 aliphatic heterocycles. The molecule has 9 aliphatic rings. The number of aromatic hydroxyl groups is 1. The first-order chi connectivity index (χ1) is 19.6. The smallest absolute Gasteiger partial charge is 0.115 e. The molecule has 2 spiro atoms. The van der Waals surface area contributed by atoms with Gasteiger partial charge in [0, 0.05) is 22.8 Å². The number of phenols is 1. The minimum absolute atomic E-state index is 0.0720. The molecule has 1 aromatic carbocycles. The van der Waals surface area contributed by atoms with Gasteiger partial charge in [0.25, 0.3) is 0 Å². The lowest BCUT2D eigenvalue weighted by molar-refractivity contribution is -0.352. The van der Waals surface area contributed by atoms with Crippen molar-refractivity contribution in [1.29, 1.82) is 0 Å². The van der Waals surface area contributed by atoms with Gasteiger partial charge < -0.3 is 20.7 Å². The van der Waals surface area contributed by atoms with Crippen LogP contribution in [0, 0.1) is 58.2 Å². The summed E-state index contributed by atoms with van der Waals surface area (Å²) in [5, 5.41) is 21.7. The van der Waals surface area contributed by atoms with Crippen LogP contribution < -0.4 is 5.73 Å². The van der Waals surface area contributed by atoms with Crippen LogP contribution in [0.15, 0.2) is 42.5 Å². The molecule has 216 valence electrons. The summed E-state index contributed by atoms with van der Waals surface area (Å²) in [6, 6.07) is 6.01. The maximum atomic E-state index is 11.2. The number of nitrogens with two attached hydrogens (primary N) is 1. The molecule has 0 amide bonds. The third-order valence-electron chi connectivity index (χ3n) is 14.1. The van der Waals surface area contributed by atoms with Crippen LogP contribution in [0.25, 0.3) is 0 Å². The average Bonchev–Trinajstić information content (AvgIpc) is 3.57. The van der Waals surface area contributed by atoms with Crippen molar-refractivity contribution >= 4 is 0 Å². The zero-order chi connectivity index (χ0) is 28.0. The summed E-state index contributed by atoms with van der Waals surface area (Å²) in [4.78, 5) is 0. The van der Waals surface area contributed by atoms with E-state index in [-0.39, 0.29) is 30.0 Å². The number of ether oxygens (including phenoxy) is 1.